The van der Waals surface area contributed by atoms with Crippen LogP contribution in [0.1, 0.15) is 119 Å². The number of hydrogen-bond donors (Lipinski definition) is 0. The molecule has 0 rings (SSSR count). The van der Waals surface area contributed by atoms with Gasteiger partial charge in [0.2, 0.25) is 0 Å². The molecule has 0 aliphatic carbocycles. The summed E-state index contributed by atoms with van der Waals surface area (Å²) in [6.45, 7) is 19.5. The van der Waals surface area contributed by atoms with Gasteiger partial charge in [-0.15, -0.1) is 0 Å². The van der Waals surface area contributed by atoms with Gasteiger partial charge < -0.3 is 14.4 Å². The summed E-state index contributed by atoms with van der Waals surface area (Å²) in [6.07, 6.45) is 16.0. The molecule has 0 amide bonds. The Hall–Kier alpha value is -0.120. The number of hydrogen-bond acceptors (Lipinski definition) is 3. The maximum absolute atomic E-state index is 6.07. The molecule has 0 unspecified atom stereocenters. The van der Waals surface area contributed by atoms with Crippen LogP contribution in [0.15, 0.2) is 0 Å². The molecule has 0 aromatic carbocycles. The molecule has 194 valence electrons. The van der Waals surface area contributed by atoms with Crippen LogP contribution in [0.3, 0.4) is 0 Å². The van der Waals surface area contributed by atoms with Crippen LogP contribution >= 0.6 is 0 Å². The Morgan fingerprint density at radius 1 is 0.562 bits per heavy atom. The van der Waals surface area contributed by atoms with Gasteiger partial charge >= 0.3 is 0 Å². The highest BCUT2D eigenvalue weighted by Crippen LogP contribution is 2.24. The van der Waals surface area contributed by atoms with Crippen LogP contribution in [0.25, 0.3) is 0 Å². The van der Waals surface area contributed by atoms with Crippen molar-refractivity contribution in [1.29, 1.82) is 0 Å². The molecule has 32 heavy (non-hydrogen) atoms. The highest BCUT2D eigenvalue weighted by atomic mass is 16.5. The zero-order valence-corrected chi connectivity index (χ0v) is 23.3. The monoisotopic (exact) mass is 455 g/mol. The second-order valence-corrected chi connectivity index (χ2v) is 10.3. The molecule has 0 aliphatic heterocycles. The van der Waals surface area contributed by atoms with E-state index < -0.39 is 0 Å². The predicted molar refractivity (Wildman–Crippen MR) is 143 cm³/mol. The summed E-state index contributed by atoms with van der Waals surface area (Å²) >= 11 is 0. The highest BCUT2D eigenvalue weighted by molar-refractivity contribution is 4.66. The van der Waals surface area contributed by atoms with Crippen molar-refractivity contribution in [1.82, 2.24) is 4.90 Å². The van der Waals surface area contributed by atoms with Crippen LogP contribution < -0.4 is 0 Å². The standard InChI is InChI=1S/C29H61NO2/c1-8-14-16-26(10-3)22-28(12-5)24-31-20-18-30(7)19-21-32-25-29(13-6)23-27(11-4)17-15-9-2/h26-29H,8-25H2,1-7H3/t26-,27-,28-,29+/m0/s1. The van der Waals surface area contributed by atoms with E-state index in [1.165, 1.54) is 77.0 Å². The first-order valence-electron chi connectivity index (χ1n) is 14.4. The van der Waals surface area contributed by atoms with Crippen molar-refractivity contribution in [2.24, 2.45) is 23.7 Å². The van der Waals surface area contributed by atoms with Gasteiger partial charge in [-0.1, -0.05) is 106 Å². The molecule has 0 saturated heterocycles. The van der Waals surface area contributed by atoms with Gasteiger partial charge in [-0.2, -0.15) is 0 Å². The topological polar surface area (TPSA) is 21.7 Å². The molecule has 0 radical (unpaired) electrons. The maximum Gasteiger partial charge on any atom is 0.0593 e. The van der Waals surface area contributed by atoms with Crippen LogP contribution in [0, 0.1) is 23.7 Å². The quantitative estimate of drug-likeness (QED) is 0.137. The Labute approximate surface area is 203 Å². The fourth-order valence-corrected chi connectivity index (χ4v) is 4.66. The largest absolute Gasteiger partial charge is 0.380 e. The first-order chi connectivity index (χ1) is 15.5. The van der Waals surface area contributed by atoms with Crippen LogP contribution in [-0.4, -0.2) is 51.5 Å². The summed E-state index contributed by atoms with van der Waals surface area (Å²) < 4.78 is 12.1. The molecular formula is C29H61NO2. The summed E-state index contributed by atoms with van der Waals surface area (Å²) in [7, 11) is 2.19. The number of nitrogens with zero attached hydrogens (tertiary/aromatic N) is 1. The first kappa shape index (κ1) is 31.9. The molecular weight excluding hydrogens is 394 g/mol. The first-order valence-corrected chi connectivity index (χ1v) is 14.4. The van der Waals surface area contributed by atoms with Gasteiger partial charge in [0.25, 0.3) is 0 Å². The van der Waals surface area contributed by atoms with Gasteiger partial charge in [-0.05, 0) is 43.6 Å². The van der Waals surface area contributed by atoms with Gasteiger partial charge in [0.15, 0.2) is 0 Å². The molecule has 0 N–H and O–H groups in total. The van der Waals surface area contributed by atoms with Crippen molar-refractivity contribution in [2.75, 3.05) is 46.6 Å². The third-order valence-corrected chi connectivity index (χ3v) is 7.52. The SMILES string of the molecule is CCCC[C@H](CC)C[C@H](CC)COCCN(C)CCOC[C@H](CC)C[C@@H](CC)CCCC. The molecule has 0 fully saturated rings. The van der Waals surface area contributed by atoms with Crippen LogP contribution in [0.4, 0.5) is 0 Å². The number of likely N-dealkylation sites (N-methyl/N-ethyl adjacent to an activating group) is 1. The number of rotatable bonds is 24. The minimum absolute atomic E-state index is 0.723. The molecule has 0 bridgehead atoms. The minimum Gasteiger partial charge on any atom is -0.380 e. The van der Waals surface area contributed by atoms with Crippen molar-refractivity contribution in [2.45, 2.75) is 119 Å². The molecule has 0 spiro atoms. The summed E-state index contributed by atoms with van der Waals surface area (Å²) in [5, 5.41) is 0. The van der Waals surface area contributed by atoms with Crippen molar-refractivity contribution in [3.63, 3.8) is 0 Å². The summed E-state index contributed by atoms with van der Waals surface area (Å²) in [5.41, 5.74) is 0. The van der Waals surface area contributed by atoms with E-state index in [2.05, 4.69) is 53.5 Å². The normalized spacial score (nSPS) is 15.8. The van der Waals surface area contributed by atoms with Gasteiger partial charge in [-0.25, -0.2) is 0 Å². The Morgan fingerprint density at radius 3 is 1.25 bits per heavy atom. The second kappa shape index (κ2) is 22.7. The summed E-state index contributed by atoms with van der Waals surface area (Å²) in [5.74, 6) is 3.21. The molecule has 0 aromatic heterocycles. The lowest BCUT2D eigenvalue weighted by Gasteiger charge is -2.23. The van der Waals surface area contributed by atoms with Crippen molar-refractivity contribution < 1.29 is 9.47 Å². The second-order valence-electron chi connectivity index (χ2n) is 10.3. The van der Waals surface area contributed by atoms with Gasteiger partial charge in [0, 0.05) is 26.3 Å². The fraction of sp³-hybridized carbons (Fsp3) is 1.00. The zero-order valence-electron chi connectivity index (χ0n) is 23.3. The van der Waals surface area contributed by atoms with E-state index in [4.69, 9.17) is 9.47 Å². The van der Waals surface area contributed by atoms with Gasteiger partial charge in [-0.3, -0.25) is 0 Å². The molecule has 3 heteroatoms. The van der Waals surface area contributed by atoms with E-state index in [9.17, 15) is 0 Å². The molecule has 0 aliphatic rings. The molecule has 0 saturated carbocycles. The van der Waals surface area contributed by atoms with Crippen molar-refractivity contribution >= 4 is 0 Å². The smallest absolute Gasteiger partial charge is 0.0593 e. The number of unbranched alkanes of at least 4 members (excludes halogenated alkanes) is 2. The van der Waals surface area contributed by atoms with E-state index in [1.807, 2.05) is 0 Å². The van der Waals surface area contributed by atoms with Crippen molar-refractivity contribution in [3.05, 3.63) is 0 Å². The molecule has 3 nitrogen and oxygen atoms in total. The van der Waals surface area contributed by atoms with E-state index in [0.717, 1.165) is 63.2 Å². The van der Waals surface area contributed by atoms with E-state index >= 15 is 0 Å². The lowest BCUT2D eigenvalue weighted by molar-refractivity contribution is 0.0519. The third-order valence-electron chi connectivity index (χ3n) is 7.52. The summed E-state index contributed by atoms with van der Waals surface area (Å²) in [4.78, 5) is 2.36. The van der Waals surface area contributed by atoms with Gasteiger partial charge in [0.1, 0.15) is 0 Å². The maximum atomic E-state index is 6.07. The summed E-state index contributed by atoms with van der Waals surface area (Å²) in [6, 6.07) is 0. The van der Waals surface area contributed by atoms with Crippen molar-refractivity contribution in [3.8, 4) is 0 Å². The van der Waals surface area contributed by atoms with Crippen LogP contribution in [0.5, 0.6) is 0 Å². The Morgan fingerprint density at radius 2 is 0.938 bits per heavy atom. The third kappa shape index (κ3) is 17.4. The van der Waals surface area contributed by atoms with E-state index in [-0.39, 0.29) is 0 Å². The average molecular weight is 456 g/mol. The molecule has 0 heterocycles. The van der Waals surface area contributed by atoms with E-state index in [0.29, 0.717) is 0 Å². The van der Waals surface area contributed by atoms with E-state index in [1.54, 1.807) is 0 Å². The predicted octanol–water partition coefficient (Wildman–Crippen LogP) is 8.22. The lowest BCUT2D eigenvalue weighted by Crippen LogP contribution is -2.28. The Bertz CT molecular complexity index is 342. The Kier molecular flexibility index (Phi) is 22.6. The van der Waals surface area contributed by atoms with Crippen LogP contribution in [0.2, 0.25) is 0 Å². The molecule has 4 atom stereocenters. The Balaban J connectivity index is 3.93. The minimum atomic E-state index is 0.723. The molecule has 0 aromatic rings. The average Bonchev–Trinajstić information content (AvgIpc) is 2.81. The number of ether oxygens (including phenoxy) is 2. The fourth-order valence-electron chi connectivity index (χ4n) is 4.66. The highest BCUT2D eigenvalue weighted by Gasteiger charge is 2.15. The lowest BCUT2D eigenvalue weighted by atomic mass is 9.88. The van der Waals surface area contributed by atoms with Crippen LogP contribution in [-0.2, 0) is 9.47 Å². The zero-order chi connectivity index (χ0) is 24.0. The van der Waals surface area contributed by atoms with Gasteiger partial charge in [0.05, 0.1) is 13.2 Å².